The zero-order valence-corrected chi connectivity index (χ0v) is 17.8. The van der Waals surface area contributed by atoms with Crippen LogP contribution in [0.3, 0.4) is 0 Å². The number of hydrogen-bond donors (Lipinski definition) is 1. The van der Waals surface area contributed by atoms with E-state index in [1.165, 1.54) is 12.1 Å². The van der Waals surface area contributed by atoms with E-state index in [9.17, 15) is 19.5 Å². The molecule has 0 radical (unpaired) electrons. The van der Waals surface area contributed by atoms with Crippen molar-refractivity contribution in [3.63, 3.8) is 0 Å². The van der Waals surface area contributed by atoms with Crippen LogP contribution >= 0.6 is 23.2 Å². The lowest BCUT2D eigenvalue weighted by Gasteiger charge is -2.41. The maximum Gasteiger partial charge on any atom is 0.188 e. The fraction of sp³-hybridized carbons (Fsp3) is 0.348. The van der Waals surface area contributed by atoms with Gasteiger partial charge in [0, 0.05) is 30.7 Å². The second-order valence-electron chi connectivity index (χ2n) is 8.35. The van der Waals surface area contributed by atoms with Gasteiger partial charge in [-0.3, -0.25) is 14.4 Å². The maximum absolute atomic E-state index is 13.0. The molecule has 1 aliphatic rings. The number of halogens is 2. The largest absolute Gasteiger partial charge is 0.374 e. The van der Waals surface area contributed by atoms with E-state index in [2.05, 4.69) is 0 Å². The quantitative estimate of drug-likeness (QED) is 0.530. The Bertz CT molecular complexity index is 946. The molecule has 1 fully saturated rings. The van der Waals surface area contributed by atoms with Crippen molar-refractivity contribution in [1.29, 1.82) is 0 Å². The molecule has 1 saturated carbocycles. The number of carbonyl (C=O) groups excluding carboxylic acids is 3. The summed E-state index contributed by atoms with van der Waals surface area (Å²) in [7, 11) is 0. The van der Waals surface area contributed by atoms with Crippen LogP contribution in [0.5, 0.6) is 0 Å². The van der Waals surface area contributed by atoms with Crippen LogP contribution in [0.4, 0.5) is 0 Å². The average Bonchev–Trinajstić information content (AvgIpc) is 2.66. The Labute approximate surface area is 179 Å². The van der Waals surface area contributed by atoms with Crippen molar-refractivity contribution in [2.45, 2.75) is 44.6 Å². The summed E-state index contributed by atoms with van der Waals surface area (Å²) in [6.07, 6.45) is -0.116. The zero-order valence-electron chi connectivity index (χ0n) is 16.2. The van der Waals surface area contributed by atoms with Gasteiger partial charge in [0.1, 0.15) is 0 Å². The third-order valence-electron chi connectivity index (χ3n) is 5.46. The fourth-order valence-electron chi connectivity index (χ4n) is 3.91. The predicted molar refractivity (Wildman–Crippen MR) is 113 cm³/mol. The van der Waals surface area contributed by atoms with Crippen LogP contribution < -0.4 is 0 Å². The smallest absolute Gasteiger partial charge is 0.188 e. The molecule has 29 heavy (non-hydrogen) atoms. The Morgan fingerprint density at radius 1 is 1.00 bits per heavy atom. The summed E-state index contributed by atoms with van der Waals surface area (Å²) in [5.41, 5.74) is -1.95. The molecule has 0 saturated heterocycles. The average molecular weight is 433 g/mol. The van der Waals surface area contributed by atoms with Gasteiger partial charge in [-0.2, -0.15) is 0 Å². The summed E-state index contributed by atoms with van der Waals surface area (Å²) in [5.74, 6) is -2.48. The SMILES string of the molecule is CC1(C)CC(=O)C(O)(C(CC(=O)c2ccccc2)c2ccc(Cl)c(Cl)c2)C(=O)C1. The molecule has 0 heterocycles. The highest BCUT2D eigenvalue weighted by Crippen LogP contribution is 2.44. The highest BCUT2D eigenvalue weighted by molar-refractivity contribution is 6.42. The van der Waals surface area contributed by atoms with Crippen LogP contribution in [-0.2, 0) is 9.59 Å². The van der Waals surface area contributed by atoms with Crippen LogP contribution in [-0.4, -0.2) is 28.1 Å². The standard InChI is InChI=1S/C23H22Cl2O4/c1-22(2)12-20(27)23(29,21(28)13-22)16(15-8-9-17(24)18(25)10-15)11-19(26)14-6-4-3-5-7-14/h3-10,16,29H,11-13H2,1-2H3. The van der Waals surface area contributed by atoms with E-state index in [0.29, 0.717) is 16.1 Å². The summed E-state index contributed by atoms with van der Waals surface area (Å²) in [6, 6.07) is 13.2. The minimum atomic E-state index is -2.28. The molecule has 4 nitrogen and oxygen atoms in total. The molecule has 0 spiro atoms. The lowest BCUT2D eigenvalue weighted by Crippen LogP contribution is -2.57. The lowest BCUT2D eigenvalue weighted by atomic mass is 9.63. The molecular formula is C23H22Cl2O4. The molecule has 1 aliphatic carbocycles. The maximum atomic E-state index is 13.0. The first-order valence-electron chi connectivity index (χ1n) is 9.37. The Balaban J connectivity index is 2.07. The molecular weight excluding hydrogens is 411 g/mol. The van der Waals surface area contributed by atoms with Crippen LogP contribution in [0.25, 0.3) is 0 Å². The molecule has 2 aromatic carbocycles. The third-order valence-corrected chi connectivity index (χ3v) is 6.20. The zero-order chi connectivity index (χ0) is 21.4. The van der Waals surface area contributed by atoms with Crippen LogP contribution in [0.15, 0.2) is 48.5 Å². The monoisotopic (exact) mass is 432 g/mol. The number of benzene rings is 2. The van der Waals surface area contributed by atoms with E-state index >= 15 is 0 Å². The van der Waals surface area contributed by atoms with E-state index in [4.69, 9.17) is 23.2 Å². The van der Waals surface area contributed by atoms with E-state index in [0.717, 1.165) is 0 Å². The van der Waals surface area contributed by atoms with Crippen molar-refractivity contribution in [3.05, 3.63) is 69.7 Å². The first-order valence-corrected chi connectivity index (χ1v) is 10.1. The van der Waals surface area contributed by atoms with Crippen molar-refractivity contribution < 1.29 is 19.5 Å². The summed E-state index contributed by atoms with van der Waals surface area (Å²) in [4.78, 5) is 38.9. The Kier molecular flexibility index (Phi) is 6.00. The summed E-state index contributed by atoms with van der Waals surface area (Å²) in [5, 5.41) is 11.9. The van der Waals surface area contributed by atoms with Crippen LogP contribution in [0.2, 0.25) is 10.0 Å². The Morgan fingerprint density at radius 3 is 2.14 bits per heavy atom. The first kappa shape index (κ1) is 21.7. The molecule has 0 bridgehead atoms. The molecule has 0 aromatic heterocycles. The van der Waals surface area contributed by atoms with Crippen LogP contribution in [0, 0.1) is 5.41 Å². The number of carbonyl (C=O) groups is 3. The second-order valence-corrected chi connectivity index (χ2v) is 9.16. The normalized spacial score (nSPS) is 19.1. The van der Waals surface area contributed by atoms with Crippen molar-refractivity contribution in [2.24, 2.45) is 5.41 Å². The summed E-state index contributed by atoms with van der Waals surface area (Å²) in [6.45, 7) is 3.62. The van der Waals surface area contributed by atoms with Gasteiger partial charge >= 0.3 is 0 Å². The van der Waals surface area contributed by atoms with E-state index < -0.39 is 28.5 Å². The van der Waals surface area contributed by atoms with Crippen molar-refractivity contribution in [3.8, 4) is 0 Å². The Morgan fingerprint density at radius 2 is 1.59 bits per heavy atom. The minimum absolute atomic E-state index is 0.0482. The number of Topliss-reactive ketones (excluding diaryl/α,β-unsaturated/α-hetero) is 3. The van der Waals surface area contributed by atoms with Gasteiger partial charge in [-0.1, -0.05) is 73.4 Å². The molecule has 0 aliphatic heterocycles. The molecule has 2 aromatic rings. The van der Waals surface area contributed by atoms with Crippen LogP contribution in [0.1, 0.15) is 54.9 Å². The lowest BCUT2D eigenvalue weighted by molar-refractivity contribution is -0.161. The number of aliphatic hydroxyl groups is 1. The molecule has 152 valence electrons. The van der Waals surface area contributed by atoms with Gasteiger partial charge in [-0.05, 0) is 23.1 Å². The van der Waals surface area contributed by atoms with Crippen molar-refractivity contribution >= 4 is 40.6 Å². The first-order chi connectivity index (χ1) is 13.5. The van der Waals surface area contributed by atoms with Gasteiger partial charge < -0.3 is 5.11 Å². The summed E-state index contributed by atoms with van der Waals surface area (Å²) < 4.78 is 0. The van der Waals surface area contributed by atoms with E-state index in [1.807, 2.05) is 13.8 Å². The molecule has 1 atom stereocenters. The van der Waals surface area contributed by atoms with E-state index in [1.54, 1.807) is 36.4 Å². The van der Waals surface area contributed by atoms with Crippen molar-refractivity contribution in [2.75, 3.05) is 0 Å². The topological polar surface area (TPSA) is 71.4 Å². The van der Waals surface area contributed by atoms with Gasteiger partial charge in [0.15, 0.2) is 23.0 Å². The van der Waals surface area contributed by atoms with Gasteiger partial charge in [0.2, 0.25) is 0 Å². The number of hydrogen-bond acceptors (Lipinski definition) is 4. The third kappa shape index (κ3) is 4.30. The molecule has 0 amide bonds. The van der Waals surface area contributed by atoms with Gasteiger partial charge in [-0.15, -0.1) is 0 Å². The molecule has 6 heteroatoms. The van der Waals surface area contributed by atoms with Gasteiger partial charge in [0.05, 0.1) is 10.0 Å². The van der Waals surface area contributed by atoms with Gasteiger partial charge in [-0.25, -0.2) is 0 Å². The highest BCUT2D eigenvalue weighted by Gasteiger charge is 2.56. The van der Waals surface area contributed by atoms with Crippen molar-refractivity contribution in [1.82, 2.24) is 0 Å². The summed E-state index contributed by atoms with van der Waals surface area (Å²) >= 11 is 12.2. The minimum Gasteiger partial charge on any atom is -0.374 e. The highest BCUT2D eigenvalue weighted by atomic mass is 35.5. The molecule has 3 rings (SSSR count). The van der Waals surface area contributed by atoms with E-state index in [-0.39, 0.29) is 30.1 Å². The number of ketones is 3. The molecule has 1 N–H and O–H groups in total. The fourth-order valence-corrected chi connectivity index (χ4v) is 4.22. The molecule has 1 unspecified atom stereocenters. The van der Waals surface area contributed by atoms with Gasteiger partial charge in [0.25, 0.3) is 0 Å². The Hall–Kier alpha value is -2.01. The second kappa shape index (κ2) is 8.02. The number of rotatable bonds is 5. The predicted octanol–water partition coefficient (Wildman–Crippen LogP) is 5.04.